The Morgan fingerprint density at radius 2 is 1.37 bits per heavy atom. The molecule has 43 heavy (non-hydrogen) atoms. The van der Waals surface area contributed by atoms with E-state index in [-0.39, 0.29) is 36.7 Å². The van der Waals surface area contributed by atoms with Crippen molar-refractivity contribution in [1.29, 1.82) is 0 Å². The predicted octanol–water partition coefficient (Wildman–Crippen LogP) is 0.761. The Morgan fingerprint density at radius 1 is 0.814 bits per heavy atom. The molecular formula is C30H38N6O7. The second-order valence-electron chi connectivity index (χ2n) is 10.5. The number of phenolic OH excluding ortho intramolecular Hbond substituents is 2. The number of phenols is 2. The molecule has 0 aliphatic rings. The van der Waals surface area contributed by atoms with Gasteiger partial charge in [-0.1, -0.05) is 44.5 Å². The first-order valence-electron chi connectivity index (χ1n) is 13.9. The van der Waals surface area contributed by atoms with E-state index in [1.165, 1.54) is 36.8 Å². The summed E-state index contributed by atoms with van der Waals surface area (Å²) in [4.78, 5) is 58.7. The van der Waals surface area contributed by atoms with Crippen LogP contribution in [0.1, 0.15) is 37.1 Å². The fraction of sp³-hybridized carbons (Fsp3) is 0.367. The number of hydrogen-bond donors (Lipinski definition) is 8. The first-order valence-corrected chi connectivity index (χ1v) is 13.9. The summed E-state index contributed by atoms with van der Waals surface area (Å²) in [6.45, 7) is 3.63. The van der Waals surface area contributed by atoms with Crippen LogP contribution >= 0.6 is 0 Å². The van der Waals surface area contributed by atoms with E-state index in [4.69, 9.17) is 5.73 Å². The highest BCUT2D eigenvalue weighted by Crippen LogP contribution is 2.14. The maximum Gasteiger partial charge on any atom is 0.326 e. The molecule has 0 bridgehead atoms. The lowest BCUT2D eigenvalue weighted by Gasteiger charge is -2.28. The fourth-order valence-electron chi connectivity index (χ4n) is 4.37. The Balaban J connectivity index is 1.75. The molecule has 13 nitrogen and oxygen atoms in total. The summed E-state index contributed by atoms with van der Waals surface area (Å²) in [5.41, 5.74) is 7.94. The molecule has 3 rings (SSSR count). The minimum Gasteiger partial charge on any atom is -0.508 e. The van der Waals surface area contributed by atoms with Gasteiger partial charge in [0.25, 0.3) is 0 Å². The molecule has 0 saturated carbocycles. The van der Waals surface area contributed by atoms with Gasteiger partial charge in [-0.15, -0.1) is 0 Å². The normalized spacial score (nSPS) is 14.5. The van der Waals surface area contributed by atoms with E-state index in [1.807, 2.05) is 6.92 Å². The molecule has 1 heterocycles. The fourth-order valence-corrected chi connectivity index (χ4v) is 4.37. The lowest BCUT2D eigenvalue weighted by molar-refractivity contribution is -0.142. The number of aromatic hydroxyl groups is 2. The van der Waals surface area contributed by atoms with Gasteiger partial charge in [0.15, 0.2) is 0 Å². The molecule has 0 spiro atoms. The molecule has 5 unspecified atom stereocenters. The van der Waals surface area contributed by atoms with Crippen LogP contribution < -0.4 is 21.7 Å². The highest BCUT2D eigenvalue weighted by molar-refractivity contribution is 5.94. The van der Waals surface area contributed by atoms with E-state index in [2.05, 4.69) is 25.9 Å². The quantitative estimate of drug-likeness (QED) is 0.124. The zero-order chi connectivity index (χ0) is 31.5. The molecular weight excluding hydrogens is 556 g/mol. The van der Waals surface area contributed by atoms with Crippen LogP contribution in [0, 0.1) is 5.92 Å². The SMILES string of the molecule is CCC(C)C(NC(=O)C(N)Cc1ccc(O)cc1)C(=O)NC(Cc1cnc[nH]1)C(=O)NC(Cc1ccc(O)cc1)C(=O)O. The lowest BCUT2D eigenvalue weighted by Crippen LogP contribution is -2.59. The van der Waals surface area contributed by atoms with Gasteiger partial charge >= 0.3 is 5.97 Å². The van der Waals surface area contributed by atoms with Gasteiger partial charge in [0.05, 0.1) is 12.4 Å². The van der Waals surface area contributed by atoms with Gasteiger partial charge in [0.1, 0.15) is 29.6 Å². The van der Waals surface area contributed by atoms with Crippen LogP contribution in [-0.2, 0) is 38.4 Å². The van der Waals surface area contributed by atoms with Crippen molar-refractivity contribution in [2.45, 2.75) is 63.7 Å². The minimum absolute atomic E-state index is 0.0197. The van der Waals surface area contributed by atoms with Crippen LogP contribution in [0.25, 0.3) is 0 Å². The Hall–Kier alpha value is -4.91. The van der Waals surface area contributed by atoms with E-state index in [1.54, 1.807) is 31.2 Å². The van der Waals surface area contributed by atoms with Crippen molar-refractivity contribution in [2.75, 3.05) is 0 Å². The third-order valence-electron chi connectivity index (χ3n) is 7.12. The number of aromatic amines is 1. The lowest BCUT2D eigenvalue weighted by atomic mass is 9.96. The maximum absolute atomic E-state index is 13.5. The minimum atomic E-state index is -1.32. The van der Waals surface area contributed by atoms with E-state index in [0.29, 0.717) is 17.7 Å². The van der Waals surface area contributed by atoms with Crippen molar-refractivity contribution in [3.8, 4) is 11.5 Å². The number of nitrogens with one attached hydrogen (secondary N) is 4. The number of aliphatic carboxylic acids is 1. The number of rotatable bonds is 15. The first kappa shape index (κ1) is 32.6. The van der Waals surface area contributed by atoms with Crippen LogP contribution in [-0.4, -0.2) is 73.1 Å². The molecule has 0 aliphatic heterocycles. The number of carboxylic acids is 1. The summed E-state index contributed by atoms with van der Waals surface area (Å²) in [6.07, 6.45) is 3.50. The number of nitrogens with zero attached hydrogens (tertiary/aromatic N) is 1. The summed E-state index contributed by atoms with van der Waals surface area (Å²) in [5.74, 6) is -3.45. The summed E-state index contributed by atoms with van der Waals surface area (Å²) in [5, 5.41) is 36.7. The largest absolute Gasteiger partial charge is 0.508 e. The molecule has 1 aromatic heterocycles. The van der Waals surface area contributed by atoms with Crippen molar-refractivity contribution in [1.82, 2.24) is 25.9 Å². The topological polar surface area (TPSA) is 220 Å². The zero-order valence-corrected chi connectivity index (χ0v) is 24.0. The average molecular weight is 595 g/mol. The Morgan fingerprint density at radius 3 is 1.88 bits per heavy atom. The predicted molar refractivity (Wildman–Crippen MR) is 157 cm³/mol. The van der Waals surface area contributed by atoms with E-state index in [9.17, 15) is 34.5 Å². The van der Waals surface area contributed by atoms with Crippen molar-refractivity contribution >= 4 is 23.7 Å². The second-order valence-corrected chi connectivity index (χ2v) is 10.5. The molecule has 9 N–H and O–H groups in total. The Bertz CT molecular complexity index is 1360. The number of carbonyl (C=O) groups is 4. The van der Waals surface area contributed by atoms with Crippen molar-refractivity contribution < 1.29 is 34.5 Å². The van der Waals surface area contributed by atoms with Crippen LogP contribution in [0.5, 0.6) is 11.5 Å². The molecule has 230 valence electrons. The monoisotopic (exact) mass is 594 g/mol. The molecule has 0 radical (unpaired) electrons. The summed E-state index contributed by atoms with van der Waals surface area (Å²) in [7, 11) is 0. The maximum atomic E-state index is 13.5. The van der Waals surface area contributed by atoms with Crippen LogP contribution in [0.2, 0.25) is 0 Å². The summed E-state index contributed by atoms with van der Waals surface area (Å²) >= 11 is 0. The van der Waals surface area contributed by atoms with Gasteiger partial charge in [-0.2, -0.15) is 0 Å². The molecule has 13 heteroatoms. The molecule has 0 saturated heterocycles. The average Bonchev–Trinajstić information content (AvgIpc) is 3.50. The van der Waals surface area contributed by atoms with Gasteiger partial charge < -0.3 is 42.0 Å². The smallest absolute Gasteiger partial charge is 0.326 e. The molecule has 2 aromatic carbocycles. The Kier molecular flexibility index (Phi) is 11.6. The number of aromatic nitrogens is 2. The van der Waals surface area contributed by atoms with Gasteiger partial charge in [-0.3, -0.25) is 14.4 Å². The zero-order valence-electron chi connectivity index (χ0n) is 24.0. The van der Waals surface area contributed by atoms with Crippen LogP contribution in [0.3, 0.4) is 0 Å². The highest BCUT2D eigenvalue weighted by atomic mass is 16.4. The molecule has 3 aromatic rings. The molecule has 3 amide bonds. The number of imidazole rings is 1. The standard InChI is InChI=1S/C30H38N6O7/c1-3-17(2)26(36-27(39)23(31)12-18-4-8-21(37)9-5-18)29(41)34-24(14-20-15-32-16-33-20)28(40)35-25(30(42)43)13-19-6-10-22(38)11-7-19/h4-11,15-17,23-26,37-38H,3,12-14,31H2,1-2H3,(H,32,33)(H,34,41)(H,35,40)(H,36,39)(H,42,43). The molecule has 5 atom stereocenters. The third-order valence-corrected chi connectivity index (χ3v) is 7.12. The van der Waals surface area contributed by atoms with Gasteiger partial charge in [0.2, 0.25) is 17.7 Å². The van der Waals surface area contributed by atoms with E-state index < -0.39 is 47.9 Å². The summed E-state index contributed by atoms with van der Waals surface area (Å²) < 4.78 is 0. The summed E-state index contributed by atoms with van der Waals surface area (Å²) in [6, 6.07) is 7.65. The van der Waals surface area contributed by atoms with Gasteiger partial charge in [-0.25, -0.2) is 9.78 Å². The number of benzene rings is 2. The highest BCUT2D eigenvalue weighted by Gasteiger charge is 2.33. The number of nitrogens with two attached hydrogens (primary N) is 1. The number of carbonyl (C=O) groups excluding carboxylic acids is 3. The second kappa shape index (κ2) is 15.4. The third kappa shape index (κ3) is 9.85. The van der Waals surface area contributed by atoms with Crippen molar-refractivity contribution in [3.63, 3.8) is 0 Å². The van der Waals surface area contributed by atoms with E-state index >= 15 is 0 Å². The van der Waals surface area contributed by atoms with Gasteiger partial charge in [-0.05, 0) is 47.7 Å². The number of amides is 3. The number of H-pyrrole nitrogens is 1. The number of hydrogen-bond acceptors (Lipinski definition) is 8. The molecule has 0 aliphatic carbocycles. The number of carboxylic acid groups (broad SMARTS) is 1. The molecule has 0 fully saturated rings. The Labute approximate surface area is 248 Å². The van der Waals surface area contributed by atoms with Gasteiger partial charge in [0, 0.05) is 24.7 Å². The van der Waals surface area contributed by atoms with Crippen molar-refractivity contribution in [3.05, 3.63) is 77.9 Å². The van der Waals surface area contributed by atoms with Crippen molar-refractivity contribution in [2.24, 2.45) is 11.7 Å². The van der Waals surface area contributed by atoms with Crippen LogP contribution in [0.15, 0.2) is 61.1 Å². The van der Waals surface area contributed by atoms with Crippen LogP contribution in [0.4, 0.5) is 0 Å². The first-order chi connectivity index (χ1) is 20.5. The van der Waals surface area contributed by atoms with E-state index in [0.717, 1.165) is 5.56 Å².